The van der Waals surface area contributed by atoms with Gasteiger partial charge >= 0.3 is 5.97 Å². The Labute approximate surface area is 70.9 Å². The summed E-state index contributed by atoms with van der Waals surface area (Å²) in [5.74, 6) is -0.895. The molecule has 64 valence electrons. The van der Waals surface area contributed by atoms with Gasteiger partial charge in [0.05, 0.1) is 0 Å². The lowest BCUT2D eigenvalue weighted by Crippen LogP contribution is -2.02. The van der Waals surface area contributed by atoms with E-state index in [4.69, 9.17) is 5.11 Å². The first-order valence-electron chi connectivity index (χ1n) is 3.67. The van der Waals surface area contributed by atoms with Gasteiger partial charge in [-0.2, -0.15) is 0 Å². The van der Waals surface area contributed by atoms with E-state index in [0.717, 1.165) is 5.56 Å². The highest BCUT2D eigenvalue weighted by Crippen LogP contribution is 2.08. The zero-order chi connectivity index (χ0) is 9.14. The molecule has 0 spiro atoms. The fraction of sp³-hybridized carbons (Fsp3) is 0.222. The van der Waals surface area contributed by atoms with Crippen LogP contribution in [0.5, 0.6) is 0 Å². The maximum Gasteiger partial charge on any atom is 0.352 e. The predicted octanol–water partition coefficient (Wildman–Crippen LogP) is 1.76. The highest BCUT2D eigenvalue weighted by Gasteiger charge is 2.07. The molecule has 1 aromatic rings. The van der Waals surface area contributed by atoms with Crippen molar-refractivity contribution in [2.75, 3.05) is 0 Å². The second-order valence-corrected chi connectivity index (χ2v) is 2.57. The SMILES string of the molecule is CC=Cc1cc(C(=O)O)n(C)c1. The molecule has 0 radical (unpaired) electrons. The van der Waals surface area contributed by atoms with E-state index >= 15 is 0 Å². The fourth-order valence-electron chi connectivity index (χ4n) is 1.09. The maximum atomic E-state index is 10.6. The van der Waals surface area contributed by atoms with Gasteiger partial charge in [-0.1, -0.05) is 12.2 Å². The van der Waals surface area contributed by atoms with Crippen LogP contribution in [0.2, 0.25) is 0 Å². The molecule has 0 atom stereocenters. The average molecular weight is 165 g/mol. The first-order chi connectivity index (χ1) is 5.65. The number of nitrogens with zero attached hydrogens (tertiary/aromatic N) is 1. The predicted molar refractivity (Wildman–Crippen MR) is 47.1 cm³/mol. The summed E-state index contributed by atoms with van der Waals surface area (Å²) < 4.78 is 1.59. The number of carboxylic acids is 1. The van der Waals surface area contributed by atoms with E-state index in [1.807, 2.05) is 19.1 Å². The van der Waals surface area contributed by atoms with E-state index in [9.17, 15) is 4.79 Å². The van der Waals surface area contributed by atoms with Gasteiger partial charge in [0.1, 0.15) is 5.69 Å². The summed E-state index contributed by atoms with van der Waals surface area (Å²) in [4.78, 5) is 10.6. The van der Waals surface area contributed by atoms with Crippen molar-refractivity contribution in [1.82, 2.24) is 4.57 Å². The lowest BCUT2D eigenvalue weighted by molar-refractivity contribution is 0.0686. The molecule has 0 bridgehead atoms. The molecule has 1 heterocycles. The molecule has 0 fully saturated rings. The zero-order valence-electron chi connectivity index (χ0n) is 7.11. The number of rotatable bonds is 2. The Kier molecular flexibility index (Phi) is 2.33. The first kappa shape index (κ1) is 8.59. The van der Waals surface area contributed by atoms with Gasteiger partial charge in [-0.3, -0.25) is 0 Å². The third-order valence-corrected chi connectivity index (χ3v) is 1.60. The molecule has 3 heteroatoms. The Hall–Kier alpha value is -1.51. The number of aryl methyl sites for hydroxylation is 1. The normalized spacial score (nSPS) is 10.8. The Morgan fingerprint density at radius 1 is 1.67 bits per heavy atom. The van der Waals surface area contributed by atoms with Gasteiger partial charge in [0.15, 0.2) is 0 Å². The van der Waals surface area contributed by atoms with Crippen molar-refractivity contribution in [3.8, 4) is 0 Å². The van der Waals surface area contributed by atoms with E-state index < -0.39 is 5.97 Å². The van der Waals surface area contributed by atoms with E-state index in [2.05, 4.69) is 0 Å². The summed E-state index contributed by atoms with van der Waals surface area (Å²) in [5.41, 5.74) is 1.22. The molecule has 1 rings (SSSR count). The molecular formula is C9H11NO2. The van der Waals surface area contributed by atoms with Crippen molar-refractivity contribution in [3.05, 3.63) is 29.6 Å². The largest absolute Gasteiger partial charge is 0.477 e. The van der Waals surface area contributed by atoms with Crippen LogP contribution in [-0.4, -0.2) is 15.6 Å². The van der Waals surface area contributed by atoms with Crippen LogP contribution in [0.15, 0.2) is 18.3 Å². The van der Waals surface area contributed by atoms with Crippen LogP contribution in [0.1, 0.15) is 23.0 Å². The Morgan fingerprint density at radius 3 is 2.75 bits per heavy atom. The van der Waals surface area contributed by atoms with Gasteiger partial charge in [0, 0.05) is 13.2 Å². The third kappa shape index (κ3) is 1.56. The minimum absolute atomic E-state index is 0.308. The Balaban J connectivity index is 3.08. The van der Waals surface area contributed by atoms with Crippen molar-refractivity contribution in [1.29, 1.82) is 0 Å². The minimum Gasteiger partial charge on any atom is -0.477 e. The van der Waals surface area contributed by atoms with Gasteiger partial charge in [-0.15, -0.1) is 0 Å². The molecular weight excluding hydrogens is 154 g/mol. The standard InChI is InChI=1S/C9H11NO2/c1-3-4-7-5-8(9(11)12)10(2)6-7/h3-6H,1-2H3,(H,11,12). The second kappa shape index (κ2) is 3.26. The summed E-state index contributed by atoms with van der Waals surface area (Å²) in [7, 11) is 1.72. The number of aromatic nitrogens is 1. The lowest BCUT2D eigenvalue weighted by Gasteiger charge is -1.92. The average Bonchev–Trinajstić information content (AvgIpc) is 2.32. The summed E-state index contributed by atoms with van der Waals surface area (Å²) >= 11 is 0. The number of hydrogen-bond acceptors (Lipinski definition) is 1. The zero-order valence-corrected chi connectivity index (χ0v) is 7.11. The molecule has 1 aromatic heterocycles. The van der Waals surface area contributed by atoms with Gasteiger partial charge in [0.25, 0.3) is 0 Å². The lowest BCUT2D eigenvalue weighted by atomic mass is 10.3. The molecule has 3 nitrogen and oxygen atoms in total. The smallest absolute Gasteiger partial charge is 0.352 e. The molecule has 12 heavy (non-hydrogen) atoms. The number of carboxylic acid groups (broad SMARTS) is 1. The van der Waals surface area contributed by atoms with E-state index in [-0.39, 0.29) is 0 Å². The van der Waals surface area contributed by atoms with E-state index in [1.165, 1.54) is 0 Å². The van der Waals surface area contributed by atoms with Gasteiger partial charge in [0.2, 0.25) is 0 Å². The number of hydrogen-bond donors (Lipinski definition) is 1. The summed E-state index contributed by atoms with van der Waals surface area (Å²) in [6.45, 7) is 1.90. The van der Waals surface area contributed by atoms with Crippen molar-refractivity contribution >= 4 is 12.0 Å². The van der Waals surface area contributed by atoms with Gasteiger partial charge < -0.3 is 9.67 Å². The molecule has 0 saturated carbocycles. The minimum atomic E-state index is -0.895. The van der Waals surface area contributed by atoms with E-state index in [0.29, 0.717) is 5.69 Å². The first-order valence-corrected chi connectivity index (χ1v) is 3.67. The van der Waals surface area contributed by atoms with Crippen LogP contribution < -0.4 is 0 Å². The van der Waals surface area contributed by atoms with Gasteiger partial charge in [-0.25, -0.2) is 4.79 Å². The van der Waals surface area contributed by atoms with Crippen LogP contribution in [0.25, 0.3) is 6.08 Å². The van der Waals surface area contributed by atoms with Crippen LogP contribution in [0.4, 0.5) is 0 Å². The van der Waals surface area contributed by atoms with Crippen LogP contribution >= 0.6 is 0 Å². The Bertz CT molecular complexity index is 323. The molecule has 0 saturated heterocycles. The van der Waals surface area contributed by atoms with Crippen LogP contribution in [0, 0.1) is 0 Å². The molecule has 0 unspecified atom stereocenters. The van der Waals surface area contributed by atoms with Crippen molar-refractivity contribution < 1.29 is 9.90 Å². The summed E-state index contributed by atoms with van der Waals surface area (Å²) in [5, 5.41) is 8.70. The van der Waals surface area contributed by atoms with Crippen LogP contribution in [-0.2, 0) is 7.05 Å². The molecule has 1 N–H and O–H groups in total. The van der Waals surface area contributed by atoms with Gasteiger partial charge in [-0.05, 0) is 18.6 Å². The number of allylic oxidation sites excluding steroid dienone is 1. The maximum absolute atomic E-state index is 10.6. The molecule has 0 aliphatic heterocycles. The highest BCUT2D eigenvalue weighted by atomic mass is 16.4. The molecule has 0 aliphatic rings. The van der Waals surface area contributed by atoms with E-state index in [1.54, 1.807) is 23.9 Å². The quantitative estimate of drug-likeness (QED) is 0.725. The highest BCUT2D eigenvalue weighted by molar-refractivity contribution is 5.86. The monoisotopic (exact) mass is 165 g/mol. The van der Waals surface area contributed by atoms with Crippen molar-refractivity contribution in [2.24, 2.45) is 7.05 Å². The van der Waals surface area contributed by atoms with Crippen molar-refractivity contribution in [3.63, 3.8) is 0 Å². The van der Waals surface area contributed by atoms with Crippen LogP contribution in [0.3, 0.4) is 0 Å². The molecule has 0 aliphatic carbocycles. The molecule has 0 amide bonds. The summed E-state index contributed by atoms with van der Waals surface area (Å²) in [6.07, 6.45) is 5.52. The third-order valence-electron chi connectivity index (χ3n) is 1.60. The topological polar surface area (TPSA) is 42.2 Å². The van der Waals surface area contributed by atoms with Crippen molar-refractivity contribution in [2.45, 2.75) is 6.92 Å². The molecule has 0 aromatic carbocycles. The Morgan fingerprint density at radius 2 is 2.33 bits per heavy atom. The second-order valence-electron chi connectivity index (χ2n) is 2.57. The number of aromatic carboxylic acids is 1. The number of carbonyl (C=O) groups is 1. The fourth-order valence-corrected chi connectivity index (χ4v) is 1.09. The summed E-state index contributed by atoms with van der Waals surface area (Å²) in [6, 6.07) is 1.64.